The molecule has 1 aromatic heterocycles. The third-order valence-electron chi connectivity index (χ3n) is 5.94. The second-order valence-electron chi connectivity index (χ2n) is 7.93. The highest BCUT2D eigenvalue weighted by molar-refractivity contribution is 5.18. The monoisotopic (exact) mass is 389 g/mol. The van der Waals surface area contributed by atoms with Crippen molar-refractivity contribution < 1.29 is 19.0 Å². The highest BCUT2D eigenvalue weighted by Crippen LogP contribution is 2.39. The number of nitrogens with one attached hydrogen (secondary N) is 1. The van der Waals surface area contributed by atoms with Crippen LogP contribution in [0.15, 0.2) is 30.5 Å². The van der Waals surface area contributed by atoms with Gasteiger partial charge in [0.2, 0.25) is 0 Å². The Kier molecular flexibility index (Phi) is 5.66. The normalized spacial score (nSPS) is 27.3. The lowest BCUT2D eigenvalue weighted by Crippen LogP contribution is -2.36. The first kappa shape index (κ1) is 19.4. The molecule has 4 atom stereocenters. The molecule has 2 aliphatic carbocycles. The number of hydrogen-bond acceptors (Lipinski definition) is 5. The molecule has 3 N–H and O–H groups in total. The lowest BCUT2D eigenvalue weighted by atomic mass is 9.88. The Morgan fingerprint density at radius 3 is 2.64 bits per heavy atom. The number of aromatic nitrogens is 2. The van der Waals surface area contributed by atoms with Crippen molar-refractivity contribution in [1.29, 1.82) is 0 Å². The van der Waals surface area contributed by atoms with Crippen LogP contribution >= 0.6 is 0 Å². The van der Waals surface area contributed by atoms with Crippen molar-refractivity contribution in [1.82, 2.24) is 15.3 Å². The van der Waals surface area contributed by atoms with Crippen molar-refractivity contribution in [2.75, 3.05) is 6.61 Å². The van der Waals surface area contributed by atoms with Crippen LogP contribution in [0.4, 0.5) is 8.78 Å². The zero-order valence-corrected chi connectivity index (χ0v) is 15.6. The predicted molar refractivity (Wildman–Crippen MR) is 99.4 cm³/mol. The van der Waals surface area contributed by atoms with Crippen LogP contribution in [0.5, 0.6) is 0 Å². The molecule has 1 aromatic carbocycles. The molecule has 0 saturated heterocycles. The Morgan fingerprint density at radius 2 is 1.93 bits per heavy atom. The maximum Gasteiger partial charge on any atom is 0.159 e. The topological polar surface area (TPSA) is 78.3 Å². The maximum absolute atomic E-state index is 13.4. The van der Waals surface area contributed by atoms with Gasteiger partial charge in [0.1, 0.15) is 5.82 Å². The van der Waals surface area contributed by atoms with Gasteiger partial charge in [-0.1, -0.05) is 6.07 Å². The molecular weight excluding hydrogens is 364 g/mol. The van der Waals surface area contributed by atoms with E-state index in [-0.39, 0.29) is 24.5 Å². The van der Waals surface area contributed by atoms with Gasteiger partial charge in [0.25, 0.3) is 0 Å². The number of aliphatic hydroxyl groups is 2. The molecule has 5 nitrogen and oxygen atoms in total. The summed E-state index contributed by atoms with van der Waals surface area (Å²) in [5, 5.41) is 23.5. The van der Waals surface area contributed by atoms with Gasteiger partial charge in [-0.05, 0) is 55.4 Å². The second kappa shape index (κ2) is 8.19. The van der Waals surface area contributed by atoms with Crippen molar-refractivity contribution in [3.63, 3.8) is 0 Å². The molecule has 0 amide bonds. The third-order valence-corrected chi connectivity index (χ3v) is 5.94. The minimum Gasteiger partial charge on any atom is -0.396 e. The van der Waals surface area contributed by atoms with Gasteiger partial charge in [-0.25, -0.2) is 18.7 Å². The van der Waals surface area contributed by atoms with Crippen LogP contribution < -0.4 is 5.32 Å². The van der Waals surface area contributed by atoms with Gasteiger partial charge in [0.05, 0.1) is 6.10 Å². The van der Waals surface area contributed by atoms with Gasteiger partial charge in [-0.2, -0.15) is 0 Å². The quantitative estimate of drug-likeness (QED) is 0.678. The van der Waals surface area contributed by atoms with E-state index in [9.17, 15) is 19.0 Å². The van der Waals surface area contributed by atoms with E-state index >= 15 is 0 Å². The number of nitrogens with zero attached hydrogens (tertiary/aromatic N) is 2. The molecular formula is C21H25F2N3O2. The van der Waals surface area contributed by atoms with Gasteiger partial charge >= 0.3 is 0 Å². The average molecular weight is 389 g/mol. The summed E-state index contributed by atoms with van der Waals surface area (Å²) in [6.45, 7) is 0.260. The molecule has 0 radical (unpaired) electrons. The Morgan fingerprint density at radius 1 is 1.11 bits per heavy atom. The Labute approximate surface area is 162 Å². The van der Waals surface area contributed by atoms with Crippen LogP contribution in [-0.2, 0) is 13.0 Å². The molecule has 1 heterocycles. The SMILES string of the molecule is OCC1C(O)CC(NCc2ccc(F)c(F)c2)C1Cc1ccnc(C2CC2)n1. The van der Waals surface area contributed by atoms with E-state index in [1.54, 1.807) is 12.3 Å². The van der Waals surface area contributed by atoms with E-state index in [0.29, 0.717) is 30.9 Å². The third kappa shape index (κ3) is 4.21. The lowest BCUT2D eigenvalue weighted by Gasteiger charge is -2.25. The number of halogens is 2. The first-order valence-electron chi connectivity index (χ1n) is 9.83. The summed E-state index contributed by atoms with van der Waals surface area (Å²) in [5.41, 5.74) is 1.55. The maximum atomic E-state index is 13.4. The highest BCUT2D eigenvalue weighted by atomic mass is 19.2. The molecule has 0 bridgehead atoms. The highest BCUT2D eigenvalue weighted by Gasteiger charge is 2.42. The van der Waals surface area contributed by atoms with Gasteiger partial charge in [-0.3, -0.25) is 0 Å². The van der Waals surface area contributed by atoms with Crippen molar-refractivity contribution >= 4 is 0 Å². The summed E-state index contributed by atoms with van der Waals surface area (Å²) < 4.78 is 26.6. The van der Waals surface area contributed by atoms with Crippen LogP contribution in [0.1, 0.15) is 42.3 Å². The van der Waals surface area contributed by atoms with Gasteiger partial charge < -0.3 is 15.5 Å². The lowest BCUT2D eigenvalue weighted by molar-refractivity contribution is 0.0716. The van der Waals surface area contributed by atoms with Crippen LogP contribution in [-0.4, -0.2) is 38.9 Å². The number of hydrogen-bond donors (Lipinski definition) is 3. The molecule has 2 aliphatic rings. The predicted octanol–water partition coefficient (Wildman–Crippen LogP) is 2.32. The fourth-order valence-corrected chi connectivity index (χ4v) is 4.18. The fraction of sp³-hybridized carbons (Fsp3) is 0.524. The molecule has 0 spiro atoms. The molecule has 28 heavy (non-hydrogen) atoms. The summed E-state index contributed by atoms with van der Waals surface area (Å²) in [4.78, 5) is 9.02. The molecule has 4 unspecified atom stereocenters. The molecule has 2 aromatic rings. The first-order chi connectivity index (χ1) is 13.5. The van der Waals surface area contributed by atoms with E-state index < -0.39 is 17.7 Å². The standard InChI is InChI=1S/C21H25F2N3O2/c22-17-4-1-12(7-18(17)23)10-25-19-9-20(28)16(11-27)15(19)8-14-5-6-24-21(26-14)13-2-3-13/h1,4-7,13,15-16,19-20,25,27-28H,2-3,8-11H2. The first-order valence-corrected chi connectivity index (χ1v) is 9.83. The Bertz CT molecular complexity index is 831. The number of benzene rings is 1. The summed E-state index contributed by atoms with van der Waals surface area (Å²) in [7, 11) is 0. The molecule has 4 rings (SSSR count). The Balaban J connectivity index is 1.47. The molecule has 7 heteroatoms. The van der Waals surface area contributed by atoms with Gasteiger partial charge in [0, 0.05) is 42.9 Å². The molecule has 2 fully saturated rings. The summed E-state index contributed by atoms with van der Waals surface area (Å²) in [5.74, 6) is -0.653. The molecule has 2 saturated carbocycles. The van der Waals surface area contributed by atoms with Gasteiger partial charge in [0.15, 0.2) is 11.6 Å². The Hall–Kier alpha value is -1.96. The van der Waals surface area contributed by atoms with Crippen LogP contribution in [0.25, 0.3) is 0 Å². The van der Waals surface area contributed by atoms with Crippen molar-refractivity contribution in [2.24, 2.45) is 11.8 Å². The van der Waals surface area contributed by atoms with E-state index in [0.717, 1.165) is 30.4 Å². The van der Waals surface area contributed by atoms with Gasteiger partial charge in [-0.15, -0.1) is 0 Å². The van der Waals surface area contributed by atoms with Crippen molar-refractivity contribution in [3.8, 4) is 0 Å². The second-order valence-corrected chi connectivity index (χ2v) is 7.93. The van der Waals surface area contributed by atoms with E-state index in [4.69, 9.17) is 0 Å². The van der Waals surface area contributed by atoms with E-state index in [1.165, 1.54) is 6.07 Å². The van der Waals surface area contributed by atoms with Crippen molar-refractivity contribution in [3.05, 3.63) is 59.2 Å². The van der Waals surface area contributed by atoms with Crippen molar-refractivity contribution in [2.45, 2.75) is 50.3 Å². The number of aliphatic hydroxyl groups excluding tert-OH is 2. The van der Waals surface area contributed by atoms with E-state index in [2.05, 4.69) is 15.3 Å². The summed E-state index contributed by atoms with van der Waals surface area (Å²) in [6.07, 6.45) is 4.55. The largest absolute Gasteiger partial charge is 0.396 e. The van der Waals surface area contributed by atoms with E-state index in [1.807, 2.05) is 6.07 Å². The smallest absolute Gasteiger partial charge is 0.159 e. The minimum absolute atomic E-state index is 0.00718. The summed E-state index contributed by atoms with van der Waals surface area (Å²) >= 11 is 0. The zero-order chi connectivity index (χ0) is 19.7. The van der Waals surface area contributed by atoms with Crippen LogP contribution in [0, 0.1) is 23.5 Å². The fourth-order valence-electron chi connectivity index (χ4n) is 4.18. The average Bonchev–Trinajstić information content (AvgIpc) is 3.49. The molecule has 150 valence electrons. The van der Waals surface area contributed by atoms with Crippen LogP contribution in [0.2, 0.25) is 0 Å². The zero-order valence-electron chi connectivity index (χ0n) is 15.6. The molecule has 0 aliphatic heterocycles. The van der Waals surface area contributed by atoms with Crippen LogP contribution in [0.3, 0.4) is 0 Å². The number of rotatable bonds is 7. The minimum atomic E-state index is -0.871. The summed E-state index contributed by atoms with van der Waals surface area (Å²) in [6, 6.07) is 5.67.